The summed E-state index contributed by atoms with van der Waals surface area (Å²) in [4.78, 5) is 14.5. The summed E-state index contributed by atoms with van der Waals surface area (Å²) in [6, 6.07) is 0.0955. The number of nitrogens with one attached hydrogen (secondary N) is 1. The molecule has 17 heavy (non-hydrogen) atoms. The highest BCUT2D eigenvalue weighted by atomic mass is 16.2. The third kappa shape index (κ3) is 3.21. The fraction of sp³-hybridized carbons (Fsp3) is 0.929. The molecule has 0 radical (unpaired) electrons. The number of carbonyl (C=O) groups is 1. The first-order chi connectivity index (χ1) is 8.18. The maximum atomic E-state index is 12.4. The van der Waals surface area contributed by atoms with Crippen LogP contribution in [-0.2, 0) is 4.79 Å². The van der Waals surface area contributed by atoms with Gasteiger partial charge in [0.15, 0.2) is 0 Å². The van der Waals surface area contributed by atoms with Gasteiger partial charge in [-0.05, 0) is 37.6 Å². The second-order valence-corrected chi connectivity index (χ2v) is 5.88. The second kappa shape index (κ2) is 5.85. The summed E-state index contributed by atoms with van der Waals surface area (Å²) in [6.45, 7) is 7.50. The smallest absolute Gasteiger partial charge is 0.239 e. The van der Waals surface area contributed by atoms with Crippen LogP contribution in [0.3, 0.4) is 0 Å². The van der Waals surface area contributed by atoms with Gasteiger partial charge in [-0.2, -0.15) is 0 Å². The number of amides is 1. The molecule has 2 fully saturated rings. The molecule has 1 amide bonds. The minimum Gasteiger partial charge on any atom is -0.341 e. The summed E-state index contributed by atoms with van der Waals surface area (Å²) in [5.41, 5.74) is 0. The lowest BCUT2D eigenvalue weighted by Crippen LogP contribution is -2.50. The van der Waals surface area contributed by atoms with E-state index >= 15 is 0 Å². The van der Waals surface area contributed by atoms with Gasteiger partial charge in [-0.15, -0.1) is 0 Å². The highest BCUT2D eigenvalue weighted by molar-refractivity contribution is 5.82. The van der Waals surface area contributed by atoms with Gasteiger partial charge in [0.25, 0.3) is 0 Å². The first-order valence-electron chi connectivity index (χ1n) is 7.20. The molecule has 98 valence electrons. The molecule has 1 N–H and O–H groups in total. The van der Waals surface area contributed by atoms with Crippen LogP contribution in [0, 0.1) is 11.8 Å². The first kappa shape index (κ1) is 12.9. The van der Waals surface area contributed by atoms with Crippen LogP contribution in [0.25, 0.3) is 0 Å². The Bertz CT molecular complexity index is 259. The van der Waals surface area contributed by atoms with Crippen LogP contribution in [0.4, 0.5) is 0 Å². The lowest BCUT2D eigenvalue weighted by Gasteiger charge is -2.37. The Kier molecular flexibility index (Phi) is 4.43. The zero-order valence-corrected chi connectivity index (χ0v) is 11.2. The molecule has 2 aliphatic rings. The number of rotatable bonds is 1. The van der Waals surface area contributed by atoms with E-state index in [1.807, 2.05) is 0 Å². The molecule has 2 saturated heterocycles. The zero-order chi connectivity index (χ0) is 12.3. The Hall–Kier alpha value is -0.570. The number of piperidine rings is 1. The molecule has 0 aromatic heterocycles. The number of hydrogen-bond donors (Lipinski definition) is 1. The minimum atomic E-state index is 0.0955. The van der Waals surface area contributed by atoms with Crippen LogP contribution >= 0.6 is 0 Å². The third-order valence-electron chi connectivity index (χ3n) is 4.50. The van der Waals surface area contributed by atoms with Gasteiger partial charge in [0, 0.05) is 13.1 Å². The number of likely N-dealkylation sites (tertiary alicyclic amines) is 1. The van der Waals surface area contributed by atoms with Gasteiger partial charge in [0.2, 0.25) is 5.91 Å². The second-order valence-electron chi connectivity index (χ2n) is 5.88. The summed E-state index contributed by atoms with van der Waals surface area (Å²) in [5.74, 6) is 1.77. The van der Waals surface area contributed by atoms with E-state index in [0.29, 0.717) is 11.8 Å². The van der Waals surface area contributed by atoms with Gasteiger partial charge in [0.05, 0.1) is 6.04 Å². The van der Waals surface area contributed by atoms with Crippen LogP contribution in [0.5, 0.6) is 0 Å². The van der Waals surface area contributed by atoms with Gasteiger partial charge in [-0.25, -0.2) is 0 Å². The SMILES string of the molecule is CC1CCN(C(=O)C2CCCCCN2)CC1C. The maximum absolute atomic E-state index is 12.4. The van der Waals surface area contributed by atoms with Crippen LogP contribution in [0.1, 0.15) is 46.0 Å². The molecule has 0 aromatic carbocycles. The average Bonchev–Trinajstić information content (AvgIpc) is 2.60. The molecule has 0 saturated carbocycles. The van der Waals surface area contributed by atoms with E-state index in [4.69, 9.17) is 0 Å². The van der Waals surface area contributed by atoms with Crippen molar-refractivity contribution < 1.29 is 4.79 Å². The van der Waals surface area contributed by atoms with E-state index in [9.17, 15) is 4.79 Å². The molecule has 3 heteroatoms. The van der Waals surface area contributed by atoms with Crippen molar-refractivity contribution in [2.24, 2.45) is 11.8 Å². The molecule has 0 aliphatic carbocycles. The predicted molar refractivity (Wildman–Crippen MR) is 69.8 cm³/mol. The fourth-order valence-electron chi connectivity index (χ4n) is 2.92. The molecule has 0 spiro atoms. The van der Waals surface area contributed by atoms with E-state index in [2.05, 4.69) is 24.1 Å². The fourth-order valence-corrected chi connectivity index (χ4v) is 2.92. The lowest BCUT2D eigenvalue weighted by molar-refractivity contribution is -0.136. The summed E-state index contributed by atoms with van der Waals surface area (Å²) < 4.78 is 0. The summed E-state index contributed by atoms with van der Waals surface area (Å²) >= 11 is 0. The summed E-state index contributed by atoms with van der Waals surface area (Å²) in [7, 11) is 0. The van der Waals surface area contributed by atoms with Gasteiger partial charge in [0.1, 0.15) is 0 Å². The van der Waals surface area contributed by atoms with E-state index < -0.39 is 0 Å². The van der Waals surface area contributed by atoms with Gasteiger partial charge >= 0.3 is 0 Å². The van der Waals surface area contributed by atoms with Crippen molar-refractivity contribution in [2.45, 2.75) is 52.0 Å². The molecule has 0 bridgehead atoms. The standard InChI is InChI=1S/C14H26N2O/c1-11-7-9-16(10-12(11)2)14(17)13-6-4-3-5-8-15-13/h11-13,15H,3-10H2,1-2H3. The molecule has 0 aromatic rings. The van der Waals surface area contributed by atoms with Crippen LogP contribution in [-0.4, -0.2) is 36.5 Å². The van der Waals surface area contributed by atoms with Gasteiger partial charge in [-0.3, -0.25) is 4.79 Å². The third-order valence-corrected chi connectivity index (χ3v) is 4.50. The molecular formula is C14H26N2O. The van der Waals surface area contributed by atoms with E-state index in [1.54, 1.807) is 0 Å². The topological polar surface area (TPSA) is 32.3 Å². The van der Waals surface area contributed by atoms with E-state index in [-0.39, 0.29) is 6.04 Å². The molecule has 2 heterocycles. The Morgan fingerprint density at radius 2 is 1.94 bits per heavy atom. The van der Waals surface area contributed by atoms with Gasteiger partial charge in [-0.1, -0.05) is 26.7 Å². The van der Waals surface area contributed by atoms with Crippen molar-refractivity contribution in [3.05, 3.63) is 0 Å². The van der Waals surface area contributed by atoms with Crippen molar-refractivity contribution >= 4 is 5.91 Å². The highest BCUT2D eigenvalue weighted by Crippen LogP contribution is 2.23. The Balaban J connectivity index is 1.90. The van der Waals surface area contributed by atoms with E-state index in [1.165, 1.54) is 25.7 Å². The highest BCUT2D eigenvalue weighted by Gasteiger charge is 2.30. The normalized spacial score (nSPS) is 35.4. The molecule has 3 unspecified atom stereocenters. The number of nitrogens with zero attached hydrogens (tertiary/aromatic N) is 1. The Labute approximate surface area is 105 Å². The van der Waals surface area contributed by atoms with Gasteiger partial charge < -0.3 is 10.2 Å². The molecule has 3 nitrogen and oxygen atoms in total. The van der Waals surface area contributed by atoms with Crippen LogP contribution in [0.15, 0.2) is 0 Å². The predicted octanol–water partition coefficient (Wildman–Crippen LogP) is 2.02. The van der Waals surface area contributed by atoms with Crippen molar-refractivity contribution in [1.29, 1.82) is 0 Å². The monoisotopic (exact) mass is 238 g/mol. The quantitative estimate of drug-likeness (QED) is 0.758. The van der Waals surface area contributed by atoms with Crippen LogP contribution in [0.2, 0.25) is 0 Å². The van der Waals surface area contributed by atoms with Crippen molar-refractivity contribution in [3.8, 4) is 0 Å². The van der Waals surface area contributed by atoms with Crippen molar-refractivity contribution in [3.63, 3.8) is 0 Å². The number of carbonyl (C=O) groups excluding carboxylic acids is 1. The number of hydrogen-bond acceptors (Lipinski definition) is 2. The molecular weight excluding hydrogens is 212 g/mol. The molecule has 2 rings (SSSR count). The van der Waals surface area contributed by atoms with Crippen molar-refractivity contribution in [2.75, 3.05) is 19.6 Å². The Morgan fingerprint density at radius 1 is 1.12 bits per heavy atom. The first-order valence-corrected chi connectivity index (χ1v) is 7.20. The summed E-state index contributed by atoms with van der Waals surface area (Å²) in [5, 5.41) is 3.41. The van der Waals surface area contributed by atoms with E-state index in [0.717, 1.165) is 32.0 Å². The van der Waals surface area contributed by atoms with Crippen molar-refractivity contribution in [1.82, 2.24) is 10.2 Å². The zero-order valence-electron chi connectivity index (χ0n) is 11.2. The molecule has 2 aliphatic heterocycles. The largest absolute Gasteiger partial charge is 0.341 e. The van der Waals surface area contributed by atoms with Crippen LogP contribution < -0.4 is 5.32 Å². The average molecular weight is 238 g/mol. The minimum absolute atomic E-state index is 0.0955. The molecule has 3 atom stereocenters. The lowest BCUT2D eigenvalue weighted by atomic mass is 9.88. The summed E-state index contributed by atoms with van der Waals surface area (Å²) in [6.07, 6.45) is 5.88. The maximum Gasteiger partial charge on any atom is 0.239 e. The Morgan fingerprint density at radius 3 is 2.71 bits per heavy atom.